The number of rotatable bonds is 6. The van der Waals surface area contributed by atoms with Crippen molar-refractivity contribution >= 4 is 11.7 Å². The molecule has 0 aromatic heterocycles. The molecule has 0 aliphatic heterocycles. The molecule has 0 radical (unpaired) electrons. The Kier molecular flexibility index (Phi) is 6.31. The molecular formula is C15H18N2O2. The van der Waals surface area contributed by atoms with Gasteiger partial charge in [-0.3, -0.25) is 9.79 Å². The van der Waals surface area contributed by atoms with Gasteiger partial charge in [-0.05, 0) is 25.8 Å². The molecule has 0 aliphatic rings. The second-order valence-corrected chi connectivity index (χ2v) is 4.06. The summed E-state index contributed by atoms with van der Waals surface area (Å²) >= 11 is 0. The van der Waals surface area contributed by atoms with E-state index in [0.29, 0.717) is 19.6 Å². The van der Waals surface area contributed by atoms with Crippen LogP contribution >= 0.6 is 0 Å². The van der Waals surface area contributed by atoms with Gasteiger partial charge in [0, 0.05) is 12.3 Å². The molecule has 1 aromatic carbocycles. The first-order chi connectivity index (χ1) is 9.19. The normalized spacial score (nSPS) is 12.6. The van der Waals surface area contributed by atoms with Crippen molar-refractivity contribution < 1.29 is 9.53 Å². The maximum atomic E-state index is 11.4. The van der Waals surface area contributed by atoms with Crippen LogP contribution in [0.2, 0.25) is 0 Å². The predicted molar refractivity (Wildman–Crippen MR) is 73.9 cm³/mol. The number of esters is 1. The van der Waals surface area contributed by atoms with E-state index in [4.69, 9.17) is 10.00 Å². The average Bonchev–Trinajstić information content (AvgIpc) is 2.44. The number of benzene rings is 1. The van der Waals surface area contributed by atoms with E-state index in [0.717, 1.165) is 11.3 Å². The highest BCUT2D eigenvalue weighted by molar-refractivity contribution is 5.98. The number of ether oxygens (including phenoxy) is 1. The first kappa shape index (κ1) is 14.9. The lowest BCUT2D eigenvalue weighted by Crippen LogP contribution is -2.17. The number of hydrogen-bond acceptors (Lipinski definition) is 4. The zero-order chi connectivity index (χ0) is 14.1. The lowest BCUT2D eigenvalue weighted by Gasteiger charge is -2.07. The first-order valence-electron chi connectivity index (χ1n) is 6.31. The molecule has 100 valence electrons. The minimum Gasteiger partial charge on any atom is -0.465 e. The minimum absolute atomic E-state index is 0.295. The fraction of sp³-hybridized carbons (Fsp3) is 0.400. The molecule has 0 aliphatic carbocycles. The van der Waals surface area contributed by atoms with Gasteiger partial charge in [0.15, 0.2) is 0 Å². The Morgan fingerprint density at radius 2 is 2.11 bits per heavy atom. The summed E-state index contributed by atoms with van der Waals surface area (Å²) in [5, 5.41) is 8.91. The first-order valence-corrected chi connectivity index (χ1v) is 6.31. The molecule has 0 N–H and O–H groups in total. The van der Waals surface area contributed by atoms with E-state index in [1.807, 2.05) is 43.3 Å². The van der Waals surface area contributed by atoms with Crippen LogP contribution in [0, 0.1) is 17.2 Å². The SMILES string of the molecule is CCOC(=O)C(C#N)CCN=C(C)c1ccccc1. The molecule has 4 heteroatoms. The molecule has 0 fully saturated rings. The summed E-state index contributed by atoms with van der Waals surface area (Å²) in [6.45, 7) is 4.38. The Morgan fingerprint density at radius 1 is 1.42 bits per heavy atom. The molecule has 1 unspecified atom stereocenters. The fourth-order valence-corrected chi connectivity index (χ4v) is 1.61. The van der Waals surface area contributed by atoms with Crippen LogP contribution in [-0.4, -0.2) is 24.8 Å². The zero-order valence-electron chi connectivity index (χ0n) is 11.3. The molecule has 1 aromatic rings. The summed E-state index contributed by atoms with van der Waals surface area (Å²) in [7, 11) is 0. The van der Waals surface area contributed by atoms with Crippen molar-refractivity contribution in [2.24, 2.45) is 10.9 Å². The molecule has 0 saturated carbocycles. The molecule has 4 nitrogen and oxygen atoms in total. The van der Waals surface area contributed by atoms with E-state index in [-0.39, 0.29) is 0 Å². The maximum Gasteiger partial charge on any atom is 0.323 e. The topological polar surface area (TPSA) is 62.5 Å². The van der Waals surface area contributed by atoms with E-state index < -0.39 is 11.9 Å². The largest absolute Gasteiger partial charge is 0.465 e. The van der Waals surface area contributed by atoms with Crippen LogP contribution in [0.3, 0.4) is 0 Å². The Balaban J connectivity index is 2.53. The van der Waals surface area contributed by atoms with Gasteiger partial charge in [0.1, 0.15) is 5.92 Å². The van der Waals surface area contributed by atoms with Gasteiger partial charge in [-0.25, -0.2) is 0 Å². The Bertz CT molecular complexity index is 475. The molecule has 1 rings (SSSR count). The summed E-state index contributed by atoms with van der Waals surface area (Å²) in [6, 6.07) is 11.8. The van der Waals surface area contributed by atoms with E-state index in [2.05, 4.69) is 4.99 Å². The van der Waals surface area contributed by atoms with Crippen LogP contribution in [0.25, 0.3) is 0 Å². The number of carbonyl (C=O) groups is 1. The second kappa shape index (κ2) is 8.04. The van der Waals surface area contributed by atoms with Crippen molar-refractivity contribution in [3.8, 4) is 6.07 Å². The monoisotopic (exact) mass is 258 g/mol. The van der Waals surface area contributed by atoms with Crippen LogP contribution in [0.15, 0.2) is 35.3 Å². The summed E-state index contributed by atoms with van der Waals surface area (Å²) in [5.41, 5.74) is 1.95. The van der Waals surface area contributed by atoms with E-state index in [1.54, 1.807) is 6.92 Å². The number of hydrogen-bond donors (Lipinski definition) is 0. The van der Waals surface area contributed by atoms with Crippen LogP contribution in [0.4, 0.5) is 0 Å². The molecule has 0 bridgehead atoms. The van der Waals surface area contributed by atoms with Crippen LogP contribution < -0.4 is 0 Å². The number of nitriles is 1. The number of aliphatic imine (C=N–C) groups is 1. The highest BCUT2D eigenvalue weighted by atomic mass is 16.5. The lowest BCUT2D eigenvalue weighted by molar-refractivity contribution is -0.146. The Morgan fingerprint density at radius 3 is 2.68 bits per heavy atom. The van der Waals surface area contributed by atoms with Crippen LogP contribution in [0.5, 0.6) is 0 Å². The van der Waals surface area contributed by atoms with Crippen molar-refractivity contribution in [3.63, 3.8) is 0 Å². The predicted octanol–water partition coefficient (Wildman–Crippen LogP) is 2.59. The molecule has 0 heterocycles. The highest BCUT2D eigenvalue weighted by Crippen LogP contribution is 2.06. The number of nitrogens with zero attached hydrogens (tertiary/aromatic N) is 2. The zero-order valence-corrected chi connectivity index (χ0v) is 11.3. The van der Waals surface area contributed by atoms with Crippen molar-refractivity contribution in [1.82, 2.24) is 0 Å². The summed E-state index contributed by atoms with van der Waals surface area (Å²) < 4.78 is 4.83. The molecular weight excluding hydrogens is 240 g/mol. The summed E-state index contributed by atoms with van der Waals surface area (Å²) in [5.74, 6) is -1.19. The average molecular weight is 258 g/mol. The van der Waals surface area contributed by atoms with Crippen molar-refractivity contribution in [1.29, 1.82) is 5.26 Å². The molecule has 0 amide bonds. The van der Waals surface area contributed by atoms with Crippen molar-refractivity contribution in [3.05, 3.63) is 35.9 Å². The van der Waals surface area contributed by atoms with E-state index in [9.17, 15) is 4.79 Å². The standard InChI is InChI=1S/C15H18N2O2/c1-3-19-15(18)14(11-16)9-10-17-12(2)13-7-5-4-6-8-13/h4-8,14H,3,9-10H2,1-2H3. The van der Waals surface area contributed by atoms with Crippen molar-refractivity contribution in [2.75, 3.05) is 13.2 Å². The number of carbonyl (C=O) groups excluding carboxylic acids is 1. The smallest absolute Gasteiger partial charge is 0.323 e. The highest BCUT2D eigenvalue weighted by Gasteiger charge is 2.18. The van der Waals surface area contributed by atoms with Crippen LogP contribution in [0.1, 0.15) is 25.8 Å². The third kappa shape index (κ3) is 4.92. The third-order valence-corrected chi connectivity index (χ3v) is 2.69. The molecule has 1 atom stereocenters. The second-order valence-electron chi connectivity index (χ2n) is 4.06. The lowest BCUT2D eigenvalue weighted by atomic mass is 10.1. The van der Waals surface area contributed by atoms with Gasteiger partial charge in [-0.1, -0.05) is 30.3 Å². The van der Waals surface area contributed by atoms with E-state index in [1.165, 1.54) is 0 Å². The maximum absolute atomic E-state index is 11.4. The molecule has 0 spiro atoms. The Hall–Kier alpha value is -2.15. The quantitative estimate of drug-likeness (QED) is 0.582. The minimum atomic E-state index is -0.729. The van der Waals surface area contributed by atoms with Gasteiger partial charge in [0.25, 0.3) is 0 Å². The van der Waals surface area contributed by atoms with Gasteiger partial charge < -0.3 is 4.74 Å². The van der Waals surface area contributed by atoms with Gasteiger partial charge in [-0.2, -0.15) is 5.26 Å². The van der Waals surface area contributed by atoms with Crippen molar-refractivity contribution in [2.45, 2.75) is 20.3 Å². The summed E-state index contributed by atoms with van der Waals surface area (Å²) in [4.78, 5) is 15.8. The fourth-order valence-electron chi connectivity index (χ4n) is 1.61. The van der Waals surface area contributed by atoms with Gasteiger partial charge in [0.05, 0.1) is 12.7 Å². The third-order valence-electron chi connectivity index (χ3n) is 2.69. The van der Waals surface area contributed by atoms with Gasteiger partial charge in [0.2, 0.25) is 0 Å². The van der Waals surface area contributed by atoms with Gasteiger partial charge >= 0.3 is 5.97 Å². The van der Waals surface area contributed by atoms with E-state index >= 15 is 0 Å². The molecule has 19 heavy (non-hydrogen) atoms. The van der Waals surface area contributed by atoms with Gasteiger partial charge in [-0.15, -0.1) is 0 Å². The van der Waals surface area contributed by atoms with Crippen LogP contribution in [-0.2, 0) is 9.53 Å². The Labute approximate surface area is 113 Å². The summed E-state index contributed by atoms with van der Waals surface area (Å²) in [6.07, 6.45) is 0.388. The molecule has 0 saturated heterocycles.